The summed E-state index contributed by atoms with van der Waals surface area (Å²) in [7, 11) is 0. The lowest BCUT2D eigenvalue weighted by Gasteiger charge is -2.18. The zero-order chi connectivity index (χ0) is 13.7. The van der Waals surface area contributed by atoms with E-state index in [1.807, 2.05) is 31.2 Å². The molecule has 100 valence electrons. The highest BCUT2D eigenvalue weighted by Crippen LogP contribution is 2.18. The van der Waals surface area contributed by atoms with Crippen molar-refractivity contribution in [2.24, 2.45) is 0 Å². The van der Waals surface area contributed by atoms with Crippen molar-refractivity contribution in [3.8, 4) is 0 Å². The average molecular weight is 257 g/mol. The molecular weight excluding hydrogens is 237 g/mol. The zero-order valence-corrected chi connectivity index (χ0v) is 11.5. The van der Waals surface area contributed by atoms with Gasteiger partial charge < -0.3 is 5.32 Å². The van der Waals surface area contributed by atoms with E-state index in [0.29, 0.717) is 12.6 Å². The predicted octanol–water partition coefficient (Wildman–Crippen LogP) is 4.38. The van der Waals surface area contributed by atoms with Crippen molar-refractivity contribution in [2.45, 2.75) is 32.9 Å². The smallest absolute Gasteiger partial charge is 0.123 e. The molecule has 0 aliphatic carbocycles. The highest BCUT2D eigenvalue weighted by atomic mass is 19.1. The predicted molar refractivity (Wildman–Crippen MR) is 77.5 cm³/mol. The SMILES string of the molecule is CCC(NCc1cc(F)ccc1C)c1ccccc1. The Kier molecular flexibility index (Phi) is 4.69. The van der Waals surface area contributed by atoms with E-state index >= 15 is 0 Å². The van der Waals surface area contributed by atoms with E-state index in [4.69, 9.17) is 0 Å². The lowest BCUT2D eigenvalue weighted by molar-refractivity contribution is 0.516. The third-order valence-corrected chi connectivity index (χ3v) is 3.46. The molecule has 0 heterocycles. The Morgan fingerprint density at radius 2 is 1.84 bits per heavy atom. The summed E-state index contributed by atoms with van der Waals surface area (Å²) >= 11 is 0. The Morgan fingerprint density at radius 1 is 1.11 bits per heavy atom. The van der Waals surface area contributed by atoms with Gasteiger partial charge in [0.1, 0.15) is 5.82 Å². The molecule has 0 saturated heterocycles. The Bertz CT molecular complexity index is 522. The summed E-state index contributed by atoms with van der Waals surface area (Å²) in [5.74, 6) is -0.171. The van der Waals surface area contributed by atoms with Gasteiger partial charge in [-0.05, 0) is 42.2 Å². The van der Waals surface area contributed by atoms with Crippen LogP contribution < -0.4 is 5.32 Å². The number of rotatable bonds is 5. The topological polar surface area (TPSA) is 12.0 Å². The average Bonchev–Trinajstić information content (AvgIpc) is 2.44. The van der Waals surface area contributed by atoms with Gasteiger partial charge in [0.15, 0.2) is 0 Å². The van der Waals surface area contributed by atoms with Crippen LogP contribution in [0.25, 0.3) is 0 Å². The summed E-state index contributed by atoms with van der Waals surface area (Å²) in [6.07, 6.45) is 1.01. The molecule has 2 heteroatoms. The van der Waals surface area contributed by atoms with Crippen LogP contribution in [0, 0.1) is 12.7 Å². The molecule has 2 aromatic rings. The van der Waals surface area contributed by atoms with Crippen LogP contribution in [0.5, 0.6) is 0 Å². The summed E-state index contributed by atoms with van der Waals surface area (Å²) < 4.78 is 13.2. The molecule has 0 bridgehead atoms. The third-order valence-electron chi connectivity index (χ3n) is 3.46. The highest BCUT2D eigenvalue weighted by Gasteiger charge is 2.09. The van der Waals surface area contributed by atoms with Crippen molar-refractivity contribution in [3.63, 3.8) is 0 Å². The van der Waals surface area contributed by atoms with Gasteiger partial charge >= 0.3 is 0 Å². The number of aryl methyl sites for hydroxylation is 1. The van der Waals surface area contributed by atoms with Gasteiger partial charge in [-0.15, -0.1) is 0 Å². The van der Waals surface area contributed by atoms with E-state index in [-0.39, 0.29) is 5.82 Å². The molecule has 0 aromatic heterocycles. The maximum absolute atomic E-state index is 13.2. The zero-order valence-electron chi connectivity index (χ0n) is 11.5. The van der Waals surface area contributed by atoms with Gasteiger partial charge in [0, 0.05) is 12.6 Å². The van der Waals surface area contributed by atoms with Gasteiger partial charge in [-0.1, -0.05) is 43.3 Å². The van der Waals surface area contributed by atoms with Gasteiger partial charge in [0.05, 0.1) is 0 Å². The first-order valence-corrected chi connectivity index (χ1v) is 6.74. The van der Waals surface area contributed by atoms with Crippen LogP contribution in [0.2, 0.25) is 0 Å². The molecule has 0 radical (unpaired) electrons. The maximum Gasteiger partial charge on any atom is 0.123 e. The largest absolute Gasteiger partial charge is 0.306 e. The minimum atomic E-state index is -0.171. The van der Waals surface area contributed by atoms with Crippen LogP contribution in [0.4, 0.5) is 4.39 Å². The van der Waals surface area contributed by atoms with Crippen LogP contribution in [-0.2, 0) is 6.54 Å². The second kappa shape index (κ2) is 6.48. The number of halogens is 1. The van der Waals surface area contributed by atoms with E-state index in [2.05, 4.69) is 24.4 Å². The van der Waals surface area contributed by atoms with Crippen LogP contribution in [0.3, 0.4) is 0 Å². The summed E-state index contributed by atoms with van der Waals surface area (Å²) in [5, 5.41) is 3.50. The minimum Gasteiger partial charge on any atom is -0.306 e. The van der Waals surface area contributed by atoms with E-state index in [1.165, 1.54) is 11.6 Å². The third kappa shape index (κ3) is 3.65. The van der Waals surface area contributed by atoms with Crippen molar-refractivity contribution < 1.29 is 4.39 Å². The van der Waals surface area contributed by atoms with Crippen molar-refractivity contribution in [3.05, 3.63) is 71.0 Å². The summed E-state index contributed by atoms with van der Waals surface area (Å²) in [6, 6.07) is 15.6. The van der Waals surface area contributed by atoms with Crippen LogP contribution in [-0.4, -0.2) is 0 Å². The summed E-state index contributed by atoms with van der Waals surface area (Å²) in [5.41, 5.74) is 3.42. The Morgan fingerprint density at radius 3 is 2.53 bits per heavy atom. The molecule has 0 fully saturated rings. The fraction of sp³-hybridized carbons (Fsp3) is 0.294. The van der Waals surface area contributed by atoms with Crippen LogP contribution in [0.1, 0.15) is 36.1 Å². The molecule has 0 spiro atoms. The van der Waals surface area contributed by atoms with Gasteiger partial charge in [-0.25, -0.2) is 4.39 Å². The molecule has 0 saturated carbocycles. The number of hydrogen-bond donors (Lipinski definition) is 1. The van der Waals surface area contributed by atoms with E-state index in [9.17, 15) is 4.39 Å². The number of nitrogens with one attached hydrogen (secondary N) is 1. The molecule has 1 atom stereocenters. The first-order valence-electron chi connectivity index (χ1n) is 6.74. The standard InChI is InChI=1S/C17H20FN/c1-3-17(14-7-5-4-6-8-14)19-12-15-11-16(18)10-9-13(15)2/h4-11,17,19H,3,12H2,1-2H3. The van der Waals surface area contributed by atoms with Crippen molar-refractivity contribution in [1.82, 2.24) is 5.32 Å². The molecule has 1 nitrogen and oxygen atoms in total. The maximum atomic E-state index is 13.2. The van der Waals surface area contributed by atoms with Gasteiger partial charge in [0.2, 0.25) is 0 Å². The van der Waals surface area contributed by atoms with E-state index < -0.39 is 0 Å². The van der Waals surface area contributed by atoms with Gasteiger partial charge in [-0.2, -0.15) is 0 Å². The molecule has 1 N–H and O–H groups in total. The number of hydrogen-bond acceptors (Lipinski definition) is 1. The molecule has 0 aliphatic heterocycles. The molecular formula is C17H20FN. The van der Waals surface area contributed by atoms with Crippen LogP contribution >= 0.6 is 0 Å². The first kappa shape index (κ1) is 13.8. The quantitative estimate of drug-likeness (QED) is 0.838. The second-order valence-corrected chi connectivity index (χ2v) is 4.82. The fourth-order valence-corrected chi connectivity index (χ4v) is 2.25. The molecule has 0 amide bonds. The van der Waals surface area contributed by atoms with Crippen LogP contribution in [0.15, 0.2) is 48.5 Å². The van der Waals surface area contributed by atoms with E-state index in [0.717, 1.165) is 17.5 Å². The van der Waals surface area contributed by atoms with Crippen molar-refractivity contribution in [1.29, 1.82) is 0 Å². The molecule has 0 aliphatic rings. The Labute approximate surface area is 114 Å². The second-order valence-electron chi connectivity index (χ2n) is 4.82. The molecule has 1 unspecified atom stereocenters. The van der Waals surface area contributed by atoms with Crippen molar-refractivity contribution in [2.75, 3.05) is 0 Å². The lowest BCUT2D eigenvalue weighted by atomic mass is 10.0. The fourth-order valence-electron chi connectivity index (χ4n) is 2.25. The minimum absolute atomic E-state index is 0.171. The molecule has 2 aromatic carbocycles. The number of benzene rings is 2. The Balaban J connectivity index is 2.06. The van der Waals surface area contributed by atoms with Gasteiger partial charge in [0.25, 0.3) is 0 Å². The van der Waals surface area contributed by atoms with E-state index in [1.54, 1.807) is 6.07 Å². The lowest BCUT2D eigenvalue weighted by Crippen LogP contribution is -2.20. The monoisotopic (exact) mass is 257 g/mol. The van der Waals surface area contributed by atoms with Crippen molar-refractivity contribution >= 4 is 0 Å². The Hall–Kier alpha value is -1.67. The summed E-state index contributed by atoms with van der Waals surface area (Å²) in [4.78, 5) is 0. The normalized spacial score (nSPS) is 12.4. The first-order chi connectivity index (χ1) is 9.20. The summed E-state index contributed by atoms with van der Waals surface area (Å²) in [6.45, 7) is 4.86. The molecule has 2 rings (SSSR count). The highest BCUT2D eigenvalue weighted by molar-refractivity contribution is 5.27. The van der Waals surface area contributed by atoms with Gasteiger partial charge in [-0.3, -0.25) is 0 Å². The molecule has 19 heavy (non-hydrogen) atoms.